The van der Waals surface area contributed by atoms with E-state index >= 15 is 0 Å². The summed E-state index contributed by atoms with van der Waals surface area (Å²) in [6.07, 6.45) is 1.90. The summed E-state index contributed by atoms with van der Waals surface area (Å²) in [4.78, 5) is 8.11. The molecule has 0 saturated carbocycles. The Labute approximate surface area is 125 Å². The molecule has 0 fully saturated rings. The summed E-state index contributed by atoms with van der Waals surface area (Å²) >= 11 is 1.79. The molecule has 2 unspecified atom stereocenters. The molecule has 0 aliphatic carbocycles. The van der Waals surface area contributed by atoms with Gasteiger partial charge in [-0.2, -0.15) is 0 Å². The van der Waals surface area contributed by atoms with Crippen molar-refractivity contribution >= 4 is 17.2 Å². The molecule has 0 aromatic carbocycles. The third kappa shape index (κ3) is 3.38. The minimum Gasteiger partial charge on any atom is -0.352 e. The monoisotopic (exact) mass is 289 g/mol. The van der Waals surface area contributed by atoms with E-state index in [-0.39, 0.29) is 0 Å². The SMILES string of the molecule is CCNC(C)c1ccnc(N(C)C(C)c2cccs2)c1. The zero-order valence-electron chi connectivity index (χ0n) is 12.6. The fraction of sp³-hybridized carbons (Fsp3) is 0.438. The summed E-state index contributed by atoms with van der Waals surface area (Å²) in [6.45, 7) is 7.50. The van der Waals surface area contributed by atoms with Gasteiger partial charge in [0, 0.05) is 24.2 Å². The van der Waals surface area contributed by atoms with Crippen LogP contribution in [0.5, 0.6) is 0 Å². The van der Waals surface area contributed by atoms with E-state index in [0.29, 0.717) is 12.1 Å². The van der Waals surface area contributed by atoms with Gasteiger partial charge in [0.1, 0.15) is 5.82 Å². The van der Waals surface area contributed by atoms with Gasteiger partial charge in [-0.1, -0.05) is 13.0 Å². The molecule has 0 radical (unpaired) electrons. The summed E-state index contributed by atoms with van der Waals surface area (Å²) in [5.41, 5.74) is 1.28. The molecular weight excluding hydrogens is 266 g/mol. The summed E-state index contributed by atoms with van der Waals surface area (Å²) in [5, 5.41) is 5.56. The van der Waals surface area contributed by atoms with E-state index in [2.05, 4.69) is 72.7 Å². The van der Waals surface area contributed by atoms with Crippen LogP contribution in [0, 0.1) is 0 Å². The number of anilines is 1. The van der Waals surface area contributed by atoms with E-state index in [0.717, 1.165) is 12.4 Å². The van der Waals surface area contributed by atoms with Crippen LogP contribution in [-0.2, 0) is 0 Å². The molecule has 0 bridgehead atoms. The van der Waals surface area contributed by atoms with Crippen LogP contribution in [0.4, 0.5) is 5.82 Å². The predicted octanol–water partition coefficient (Wildman–Crippen LogP) is 4.01. The van der Waals surface area contributed by atoms with Gasteiger partial charge in [-0.3, -0.25) is 0 Å². The first-order valence-electron chi connectivity index (χ1n) is 7.09. The number of nitrogens with zero attached hydrogens (tertiary/aromatic N) is 2. The van der Waals surface area contributed by atoms with Gasteiger partial charge in [0.2, 0.25) is 0 Å². The Kier molecular flexibility index (Phi) is 5.15. The largest absolute Gasteiger partial charge is 0.352 e. The fourth-order valence-electron chi connectivity index (χ4n) is 2.24. The van der Waals surface area contributed by atoms with E-state index in [1.54, 1.807) is 11.3 Å². The minimum atomic E-state index is 0.340. The highest BCUT2D eigenvalue weighted by Gasteiger charge is 2.15. The van der Waals surface area contributed by atoms with E-state index in [1.807, 2.05) is 6.20 Å². The van der Waals surface area contributed by atoms with Gasteiger partial charge in [0.25, 0.3) is 0 Å². The third-order valence-corrected chi connectivity index (χ3v) is 4.72. The molecule has 2 aromatic rings. The fourth-order valence-corrected chi connectivity index (χ4v) is 3.07. The maximum atomic E-state index is 4.52. The second kappa shape index (κ2) is 6.86. The highest BCUT2D eigenvalue weighted by Crippen LogP contribution is 2.28. The van der Waals surface area contributed by atoms with Gasteiger partial charge in [0.05, 0.1) is 6.04 Å². The Hall–Kier alpha value is -1.39. The second-order valence-electron chi connectivity index (χ2n) is 5.03. The highest BCUT2D eigenvalue weighted by molar-refractivity contribution is 7.10. The van der Waals surface area contributed by atoms with Crippen molar-refractivity contribution in [3.8, 4) is 0 Å². The number of hydrogen-bond donors (Lipinski definition) is 1. The molecule has 2 heterocycles. The van der Waals surface area contributed by atoms with Crippen molar-refractivity contribution in [2.24, 2.45) is 0 Å². The first kappa shape index (κ1) is 15.0. The average molecular weight is 289 g/mol. The van der Waals surface area contributed by atoms with E-state index in [4.69, 9.17) is 0 Å². The molecule has 1 N–H and O–H groups in total. The molecule has 108 valence electrons. The molecular formula is C16H23N3S. The zero-order chi connectivity index (χ0) is 14.5. The van der Waals surface area contributed by atoms with Crippen molar-refractivity contribution in [2.75, 3.05) is 18.5 Å². The van der Waals surface area contributed by atoms with Crippen molar-refractivity contribution in [1.82, 2.24) is 10.3 Å². The Morgan fingerprint density at radius 3 is 2.80 bits per heavy atom. The molecule has 2 rings (SSSR count). The molecule has 0 aliphatic heterocycles. The van der Waals surface area contributed by atoms with Crippen LogP contribution in [0.25, 0.3) is 0 Å². The Bertz CT molecular complexity index is 524. The van der Waals surface area contributed by atoms with Gasteiger partial charge in [-0.15, -0.1) is 11.3 Å². The van der Waals surface area contributed by atoms with Crippen LogP contribution in [0.1, 0.15) is 43.3 Å². The molecule has 0 amide bonds. The van der Waals surface area contributed by atoms with Gasteiger partial charge in [0.15, 0.2) is 0 Å². The first-order chi connectivity index (χ1) is 9.63. The van der Waals surface area contributed by atoms with Gasteiger partial charge in [-0.05, 0) is 49.5 Å². The maximum Gasteiger partial charge on any atom is 0.129 e. The lowest BCUT2D eigenvalue weighted by Crippen LogP contribution is -2.23. The Morgan fingerprint density at radius 2 is 2.15 bits per heavy atom. The Morgan fingerprint density at radius 1 is 1.35 bits per heavy atom. The van der Waals surface area contributed by atoms with Crippen LogP contribution in [0.15, 0.2) is 35.8 Å². The summed E-state index contributed by atoms with van der Waals surface area (Å²) in [5.74, 6) is 1.02. The van der Waals surface area contributed by atoms with Crippen LogP contribution in [0.2, 0.25) is 0 Å². The van der Waals surface area contributed by atoms with Crippen LogP contribution in [0.3, 0.4) is 0 Å². The van der Waals surface area contributed by atoms with Gasteiger partial charge >= 0.3 is 0 Å². The smallest absolute Gasteiger partial charge is 0.129 e. The number of pyridine rings is 1. The van der Waals surface area contributed by atoms with Gasteiger partial charge < -0.3 is 10.2 Å². The number of rotatable bonds is 6. The summed E-state index contributed by atoms with van der Waals surface area (Å²) in [6, 6.07) is 9.23. The number of nitrogens with one attached hydrogen (secondary N) is 1. The normalized spacial score (nSPS) is 14.0. The van der Waals surface area contributed by atoms with Crippen LogP contribution < -0.4 is 10.2 Å². The topological polar surface area (TPSA) is 28.2 Å². The van der Waals surface area contributed by atoms with Crippen molar-refractivity contribution in [2.45, 2.75) is 32.9 Å². The molecule has 0 spiro atoms. The van der Waals surface area contributed by atoms with Crippen molar-refractivity contribution in [3.05, 3.63) is 46.3 Å². The maximum absolute atomic E-state index is 4.52. The lowest BCUT2D eigenvalue weighted by Gasteiger charge is -2.26. The van der Waals surface area contributed by atoms with E-state index in [1.165, 1.54) is 10.4 Å². The molecule has 0 aliphatic rings. The molecule has 0 saturated heterocycles. The number of thiophene rings is 1. The van der Waals surface area contributed by atoms with E-state index in [9.17, 15) is 0 Å². The first-order valence-corrected chi connectivity index (χ1v) is 7.97. The second-order valence-corrected chi connectivity index (χ2v) is 6.01. The molecule has 3 nitrogen and oxygen atoms in total. The predicted molar refractivity (Wildman–Crippen MR) is 87.5 cm³/mol. The van der Waals surface area contributed by atoms with Gasteiger partial charge in [-0.25, -0.2) is 4.98 Å². The lowest BCUT2D eigenvalue weighted by molar-refractivity contribution is 0.597. The highest BCUT2D eigenvalue weighted by atomic mass is 32.1. The number of aromatic nitrogens is 1. The quantitative estimate of drug-likeness (QED) is 0.871. The summed E-state index contributed by atoms with van der Waals surface area (Å²) < 4.78 is 0. The van der Waals surface area contributed by atoms with Crippen LogP contribution in [-0.4, -0.2) is 18.6 Å². The molecule has 4 heteroatoms. The average Bonchev–Trinajstić information content (AvgIpc) is 3.00. The molecule has 20 heavy (non-hydrogen) atoms. The Balaban J connectivity index is 2.18. The van der Waals surface area contributed by atoms with Crippen LogP contribution >= 0.6 is 11.3 Å². The van der Waals surface area contributed by atoms with Crippen molar-refractivity contribution < 1.29 is 0 Å². The van der Waals surface area contributed by atoms with E-state index < -0.39 is 0 Å². The molecule has 2 atom stereocenters. The molecule has 2 aromatic heterocycles. The van der Waals surface area contributed by atoms with Crippen molar-refractivity contribution in [3.63, 3.8) is 0 Å². The zero-order valence-corrected chi connectivity index (χ0v) is 13.4. The minimum absolute atomic E-state index is 0.340. The lowest BCUT2D eigenvalue weighted by atomic mass is 10.1. The third-order valence-electron chi connectivity index (χ3n) is 3.68. The number of hydrogen-bond acceptors (Lipinski definition) is 4. The standard InChI is InChI=1S/C16H23N3S/c1-5-17-12(2)14-8-9-18-16(11-14)19(4)13(3)15-7-6-10-20-15/h6-13,17H,5H2,1-4H3. The van der Waals surface area contributed by atoms with Crippen molar-refractivity contribution in [1.29, 1.82) is 0 Å². The summed E-state index contributed by atoms with van der Waals surface area (Å²) in [7, 11) is 2.11.